The molecule has 0 heterocycles. The van der Waals surface area contributed by atoms with Gasteiger partial charge in [-0.1, -0.05) is 18.5 Å². The number of esters is 1. The number of methoxy groups -OCH3 is 1. The number of rotatable bonds is 4. The fraction of sp³-hybridized carbons (Fsp3) is 0.417. The maximum absolute atomic E-state index is 12.5. The zero-order valence-electron chi connectivity index (χ0n) is 10.3. The summed E-state index contributed by atoms with van der Waals surface area (Å²) in [5, 5.41) is 2.87. The first-order valence-electron chi connectivity index (χ1n) is 5.44. The number of halogens is 4. The number of anilines is 1. The van der Waals surface area contributed by atoms with Gasteiger partial charge in [0.15, 0.2) is 0 Å². The first-order valence-corrected chi connectivity index (χ1v) is 5.82. The normalized spacial score (nSPS) is 12.9. The summed E-state index contributed by atoms with van der Waals surface area (Å²) in [5.74, 6) is -0.939. The minimum absolute atomic E-state index is 0.132. The van der Waals surface area contributed by atoms with Gasteiger partial charge in [-0.3, -0.25) is 4.79 Å². The molecular weight excluding hydrogens is 283 g/mol. The minimum Gasteiger partial charge on any atom is -0.469 e. The predicted molar refractivity (Wildman–Crippen MR) is 66.1 cm³/mol. The molecule has 7 heteroatoms. The van der Waals surface area contributed by atoms with Crippen LogP contribution in [0.2, 0.25) is 5.02 Å². The number of alkyl halides is 3. The highest BCUT2D eigenvalue weighted by molar-refractivity contribution is 6.33. The van der Waals surface area contributed by atoms with Gasteiger partial charge in [-0.2, -0.15) is 13.2 Å². The van der Waals surface area contributed by atoms with Crippen molar-refractivity contribution in [2.45, 2.75) is 13.1 Å². The lowest BCUT2D eigenvalue weighted by Crippen LogP contribution is -2.21. The van der Waals surface area contributed by atoms with Crippen LogP contribution in [0.25, 0.3) is 0 Å². The van der Waals surface area contributed by atoms with E-state index in [4.69, 9.17) is 11.6 Å². The Labute approximate surface area is 113 Å². The molecule has 0 saturated heterocycles. The number of carbonyl (C=O) groups is 1. The molecule has 106 valence electrons. The summed E-state index contributed by atoms with van der Waals surface area (Å²) in [4.78, 5) is 11.2. The standard InChI is InChI=1S/C12H13ClF3NO2/c1-7(11(18)19-2)6-17-10-5-8(12(14,15)16)3-4-9(10)13/h3-5,7,17H,6H2,1-2H3. The SMILES string of the molecule is COC(=O)C(C)CNc1cc(C(F)(F)F)ccc1Cl. The van der Waals surface area contributed by atoms with Gasteiger partial charge in [-0.15, -0.1) is 0 Å². The highest BCUT2D eigenvalue weighted by atomic mass is 35.5. The van der Waals surface area contributed by atoms with E-state index in [0.29, 0.717) is 0 Å². The molecule has 0 aromatic heterocycles. The van der Waals surface area contributed by atoms with Crippen molar-refractivity contribution in [3.05, 3.63) is 28.8 Å². The lowest BCUT2D eigenvalue weighted by atomic mass is 10.1. The summed E-state index contributed by atoms with van der Waals surface area (Å²) >= 11 is 5.80. The molecule has 0 spiro atoms. The van der Waals surface area contributed by atoms with E-state index >= 15 is 0 Å². The molecule has 0 radical (unpaired) electrons. The van der Waals surface area contributed by atoms with Crippen LogP contribution >= 0.6 is 11.6 Å². The fourth-order valence-corrected chi connectivity index (χ4v) is 1.57. The van der Waals surface area contributed by atoms with E-state index in [9.17, 15) is 18.0 Å². The molecule has 0 aliphatic carbocycles. The van der Waals surface area contributed by atoms with Gasteiger partial charge >= 0.3 is 12.1 Å². The second-order valence-electron chi connectivity index (χ2n) is 4.00. The van der Waals surface area contributed by atoms with Crippen molar-refractivity contribution < 1.29 is 22.7 Å². The third-order valence-electron chi connectivity index (χ3n) is 2.50. The van der Waals surface area contributed by atoms with Crippen molar-refractivity contribution in [1.82, 2.24) is 0 Å². The summed E-state index contributed by atoms with van der Waals surface area (Å²) in [7, 11) is 1.25. The highest BCUT2D eigenvalue weighted by Crippen LogP contribution is 2.33. The zero-order valence-corrected chi connectivity index (χ0v) is 11.1. The highest BCUT2D eigenvalue weighted by Gasteiger charge is 2.31. The van der Waals surface area contributed by atoms with Crippen LogP contribution in [0.1, 0.15) is 12.5 Å². The van der Waals surface area contributed by atoms with Gasteiger partial charge in [0.1, 0.15) is 0 Å². The van der Waals surface area contributed by atoms with Gasteiger partial charge in [0, 0.05) is 6.54 Å². The van der Waals surface area contributed by atoms with Crippen molar-refractivity contribution in [1.29, 1.82) is 0 Å². The lowest BCUT2D eigenvalue weighted by Gasteiger charge is -2.14. The molecule has 0 aliphatic heterocycles. The van der Waals surface area contributed by atoms with Crippen molar-refractivity contribution in [3.8, 4) is 0 Å². The molecule has 0 saturated carbocycles. The van der Waals surface area contributed by atoms with Crippen LogP contribution in [-0.2, 0) is 15.7 Å². The summed E-state index contributed by atoms with van der Waals surface area (Å²) < 4.78 is 42.1. The Morgan fingerprint density at radius 3 is 2.63 bits per heavy atom. The molecule has 0 aliphatic rings. The number of ether oxygens (including phenoxy) is 1. The zero-order chi connectivity index (χ0) is 14.6. The van der Waals surface area contributed by atoms with E-state index in [0.717, 1.165) is 18.2 Å². The molecule has 1 unspecified atom stereocenters. The van der Waals surface area contributed by atoms with E-state index in [-0.39, 0.29) is 17.3 Å². The molecule has 1 aromatic rings. The molecule has 1 aromatic carbocycles. The van der Waals surface area contributed by atoms with E-state index in [1.165, 1.54) is 7.11 Å². The van der Waals surface area contributed by atoms with E-state index in [1.807, 2.05) is 0 Å². The van der Waals surface area contributed by atoms with E-state index < -0.39 is 23.6 Å². The maximum Gasteiger partial charge on any atom is 0.416 e. The van der Waals surface area contributed by atoms with Crippen LogP contribution in [0.4, 0.5) is 18.9 Å². The van der Waals surface area contributed by atoms with Gasteiger partial charge in [0.05, 0.1) is 29.3 Å². The Hall–Kier alpha value is -1.43. The Morgan fingerprint density at radius 1 is 1.47 bits per heavy atom. The first kappa shape index (κ1) is 15.6. The number of nitrogens with one attached hydrogen (secondary N) is 1. The molecule has 0 bridgehead atoms. The van der Waals surface area contributed by atoms with Crippen molar-refractivity contribution in [3.63, 3.8) is 0 Å². The first-order chi connectivity index (χ1) is 8.75. The predicted octanol–water partition coefficient (Wildman–Crippen LogP) is 3.58. The Balaban J connectivity index is 2.81. The molecule has 19 heavy (non-hydrogen) atoms. The summed E-state index contributed by atoms with van der Waals surface area (Å²) in [6, 6.07) is 2.97. The van der Waals surface area contributed by atoms with Crippen LogP contribution in [0, 0.1) is 5.92 Å². The van der Waals surface area contributed by atoms with Crippen molar-refractivity contribution in [2.75, 3.05) is 19.0 Å². The van der Waals surface area contributed by atoms with E-state index in [2.05, 4.69) is 10.1 Å². The molecule has 0 fully saturated rings. The molecule has 1 rings (SSSR count). The molecule has 3 nitrogen and oxygen atoms in total. The largest absolute Gasteiger partial charge is 0.469 e. The molecule has 1 atom stereocenters. The summed E-state index contributed by atoms with van der Waals surface area (Å²) in [6.07, 6.45) is -4.44. The molecular formula is C12H13ClF3NO2. The third kappa shape index (κ3) is 4.31. The lowest BCUT2D eigenvalue weighted by molar-refractivity contribution is -0.144. The Morgan fingerprint density at radius 2 is 2.11 bits per heavy atom. The van der Waals surface area contributed by atoms with Crippen molar-refractivity contribution >= 4 is 23.3 Å². The monoisotopic (exact) mass is 295 g/mol. The van der Waals surface area contributed by atoms with Gasteiger partial charge in [0.25, 0.3) is 0 Å². The average Bonchev–Trinajstić information content (AvgIpc) is 2.35. The van der Waals surface area contributed by atoms with E-state index in [1.54, 1.807) is 6.92 Å². The van der Waals surface area contributed by atoms with Gasteiger partial charge in [-0.25, -0.2) is 0 Å². The second kappa shape index (κ2) is 6.14. The summed E-state index contributed by atoms with van der Waals surface area (Å²) in [6.45, 7) is 1.73. The van der Waals surface area contributed by atoms with Crippen LogP contribution in [-0.4, -0.2) is 19.6 Å². The maximum atomic E-state index is 12.5. The van der Waals surface area contributed by atoms with Crippen LogP contribution in [0.3, 0.4) is 0 Å². The topological polar surface area (TPSA) is 38.3 Å². The van der Waals surface area contributed by atoms with Crippen molar-refractivity contribution in [2.24, 2.45) is 5.92 Å². The van der Waals surface area contributed by atoms with Crippen LogP contribution < -0.4 is 5.32 Å². The van der Waals surface area contributed by atoms with Crippen LogP contribution in [0.15, 0.2) is 18.2 Å². The summed E-state index contributed by atoms with van der Waals surface area (Å²) in [5.41, 5.74) is -0.669. The second-order valence-corrected chi connectivity index (χ2v) is 4.40. The van der Waals surface area contributed by atoms with Gasteiger partial charge in [-0.05, 0) is 18.2 Å². The van der Waals surface area contributed by atoms with Gasteiger partial charge < -0.3 is 10.1 Å². The van der Waals surface area contributed by atoms with Crippen LogP contribution in [0.5, 0.6) is 0 Å². The minimum atomic E-state index is -4.44. The molecule has 0 amide bonds. The quantitative estimate of drug-likeness (QED) is 0.863. The molecule has 1 N–H and O–H groups in total. The Bertz CT molecular complexity index is 463. The van der Waals surface area contributed by atoms with Gasteiger partial charge in [0.2, 0.25) is 0 Å². The number of hydrogen-bond acceptors (Lipinski definition) is 3. The average molecular weight is 296 g/mol. The number of hydrogen-bond donors (Lipinski definition) is 1. The third-order valence-corrected chi connectivity index (χ3v) is 2.83. The number of benzene rings is 1. The fourth-order valence-electron chi connectivity index (χ4n) is 1.38. The number of carbonyl (C=O) groups excluding carboxylic acids is 1. The smallest absolute Gasteiger partial charge is 0.416 e. The Kier molecular flexibility index (Phi) is 5.05.